The molecule has 0 spiro atoms. The predicted molar refractivity (Wildman–Crippen MR) is 71.8 cm³/mol. The van der Waals surface area contributed by atoms with Gasteiger partial charge in [0, 0.05) is 12.8 Å². The topological polar surface area (TPSA) is 78.9 Å². The summed E-state index contributed by atoms with van der Waals surface area (Å²) in [4.78, 5) is 34.8. The lowest BCUT2D eigenvalue weighted by Crippen LogP contribution is -2.37. The minimum Gasteiger partial charge on any atom is -0.444 e. The Balaban J connectivity index is 1.60. The van der Waals surface area contributed by atoms with Crippen LogP contribution in [-0.4, -0.2) is 43.5 Å². The van der Waals surface area contributed by atoms with Crippen LogP contribution in [0.1, 0.15) is 12.8 Å². The molecule has 2 fully saturated rings. The van der Waals surface area contributed by atoms with E-state index in [0.717, 1.165) is 5.46 Å². The molecule has 7 heteroatoms. The molecule has 0 aromatic heterocycles. The second kappa shape index (κ2) is 5.79. The van der Waals surface area contributed by atoms with Crippen LogP contribution in [-0.2, 0) is 28.4 Å². The molecule has 1 aromatic rings. The Labute approximate surface area is 121 Å². The minimum atomic E-state index is -1.27. The van der Waals surface area contributed by atoms with Crippen molar-refractivity contribution < 1.29 is 28.4 Å². The summed E-state index contributed by atoms with van der Waals surface area (Å²) < 4.78 is 15.8. The van der Waals surface area contributed by atoms with Crippen molar-refractivity contribution in [2.75, 3.05) is 6.61 Å². The molecule has 0 N–H and O–H groups in total. The largest absolute Gasteiger partial charge is 0.494 e. The summed E-state index contributed by atoms with van der Waals surface area (Å²) in [5.74, 6) is -1.44. The molecule has 2 aliphatic rings. The van der Waals surface area contributed by atoms with Crippen LogP contribution in [0.2, 0.25) is 0 Å². The Morgan fingerprint density at radius 2 is 1.81 bits per heavy atom. The lowest BCUT2D eigenvalue weighted by Gasteiger charge is -2.13. The van der Waals surface area contributed by atoms with E-state index in [0.29, 0.717) is 0 Å². The zero-order chi connectivity index (χ0) is 14.8. The zero-order valence-electron chi connectivity index (χ0n) is 11.2. The fourth-order valence-corrected chi connectivity index (χ4v) is 2.32. The molecule has 1 aromatic carbocycles. The van der Waals surface area contributed by atoms with Gasteiger partial charge in [-0.2, -0.15) is 0 Å². The van der Waals surface area contributed by atoms with Crippen LogP contribution >= 0.6 is 0 Å². The van der Waals surface area contributed by atoms with Crippen LogP contribution < -0.4 is 5.46 Å². The van der Waals surface area contributed by atoms with Crippen molar-refractivity contribution in [2.45, 2.75) is 25.0 Å². The van der Waals surface area contributed by atoms with Crippen LogP contribution in [0.15, 0.2) is 30.3 Å². The average Bonchev–Trinajstić information content (AvgIpc) is 3.11. The van der Waals surface area contributed by atoms with E-state index in [-0.39, 0.29) is 31.0 Å². The summed E-state index contributed by atoms with van der Waals surface area (Å²) >= 11 is 0. The normalized spacial score (nSPS) is 22.9. The van der Waals surface area contributed by atoms with E-state index in [1.54, 1.807) is 0 Å². The molecule has 108 valence electrons. The van der Waals surface area contributed by atoms with Gasteiger partial charge in [-0.3, -0.25) is 9.59 Å². The minimum absolute atomic E-state index is 0.0352. The first-order valence-electron chi connectivity index (χ1n) is 6.73. The number of ketones is 2. The van der Waals surface area contributed by atoms with Crippen molar-refractivity contribution in [3.63, 3.8) is 0 Å². The van der Waals surface area contributed by atoms with E-state index < -0.39 is 25.3 Å². The first-order chi connectivity index (χ1) is 10.1. The highest BCUT2D eigenvalue weighted by molar-refractivity contribution is 6.62. The molecule has 0 radical (unpaired) electrons. The lowest BCUT2D eigenvalue weighted by molar-refractivity contribution is -0.163. The van der Waals surface area contributed by atoms with E-state index in [9.17, 15) is 14.4 Å². The van der Waals surface area contributed by atoms with Gasteiger partial charge in [-0.25, -0.2) is 4.79 Å². The van der Waals surface area contributed by atoms with Crippen molar-refractivity contribution in [3.05, 3.63) is 30.3 Å². The fourth-order valence-electron chi connectivity index (χ4n) is 2.32. The number of esters is 1. The van der Waals surface area contributed by atoms with Gasteiger partial charge in [0.15, 0.2) is 17.7 Å². The first-order valence-corrected chi connectivity index (χ1v) is 6.73. The molecule has 1 saturated heterocycles. The predicted octanol–water partition coefficient (Wildman–Crippen LogP) is -0.359. The Bertz CT molecular complexity index is 556. The van der Waals surface area contributed by atoms with Crippen molar-refractivity contribution in [1.29, 1.82) is 0 Å². The van der Waals surface area contributed by atoms with Crippen molar-refractivity contribution >= 4 is 30.1 Å². The van der Waals surface area contributed by atoms with E-state index in [1.165, 1.54) is 0 Å². The molecule has 1 aliphatic carbocycles. The first kappa shape index (κ1) is 14.0. The number of ether oxygens (including phenoxy) is 1. The number of benzene rings is 1. The molecule has 1 saturated carbocycles. The Kier molecular flexibility index (Phi) is 3.85. The van der Waals surface area contributed by atoms with Gasteiger partial charge in [0.2, 0.25) is 6.10 Å². The van der Waals surface area contributed by atoms with Gasteiger partial charge in [0.25, 0.3) is 0 Å². The second-order valence-electron chi connectivity index (χ2n) is 4.95. The Morgan fingerprint density at radius 1 is 1.14 bits per heavy atom. The van der Waals surface area contributed by atoms with Gasteiger partial charge < -0.3 is 14.0 Å². The van der Waals surface area contributed by atoms with Gasteiger partial charge in [-0.15, -0.1) is 0 Å². The van der Waals surface area contributed by atoms with E-state index in [1.807, 2.05) is 30.3 Å². The zero-order valence-corrected chi connectivity index (χ0v) is 11.2. The smallest absolute Gasteiger partial charge is 0.444 e. The summed E-state index contributed by atoms with van der Waals surface area (Å²) in [6.07, 6.45) is -1.93. The summed E-state index contributed by atoms with van der Waals surface area (Å²) in [6.45, 7) is 0.0352. The molecule has 3 rings (SSSR count). The second-order valence-corrected chi connectivity index (χ2v) is 4.95. The summed E-state index contributed by atoms with van der Waals surface area (Å²) in [7, 11) is -0.640. The molecule has 6 nitrogen and oxygen atoms in total. The lowest BCUT2D eigenvalue weighted by atomic mass is 9.79. The number of rotatable bonds is 3. The van der Waals surface area contributed by atoms with Gasteiger partial charge in [-0.1, -0.05) is 30.3 Å². The third-order valence-electron chi connectivity index (χ3n) is 3.46. The van der Waals surface area contributed by atoms with Crippen LogP contribution in [0.5, 0.6) is 0 Å². The third kappa shape index (κ3) is 2.89. The molecule has 21 heavy (non-hydrogen) atoms. The Hall–Kier alpha value is -1.99. The number of carbonyl (C=O) groups excluding carboxylic acids is 3. The molecule has 0 bridgehead atoms. The maximum atomic E-state index is 11.9. The monoisotopic (exact) mass is 288 g/mol. The fraction of sp³-hybridized carbons (Fsp3) is 0.357. The van der Waals surface area contributed by atoms with Crippen LogP contribution in [0.25, 0.3) is 0 Å². The highest BCUT2D eigenvalue weighted by Crippen LogP contribution is 2.17. The number of hydrogen-bond acceptors (Lipinski definition) is 6. The molecule has 1 aliphatic heterocycles. The standard InChI is InChI=1S/C14H13BO6/c16-10-6-7-11(17)13(10)20-14(18)12-8-19-15(21-12)9-4-2-1-3-5-9/h1-5,12-13H,6-8H2. The van der Waals surface area contributed by atoms with Crippen LogP contribution in [0.4, 0.5) is 0 Å². The van der Waals surface area contributed by atoms with Gasteiger partial charge in [0.1, 0.15) is 0 Å². The maximum absolute atomic E-state index is 11.9. The average molecular weight is 288 g/mol. The van der Waals surface area contributed by atoms with Crippen LogP contribution in [0.3, 0.4) is 0 Å². The number of Topliss-reactive ketones (excluding diaryl/α,β-unsaturated/α-hetero) is 2. The summed E-state index contributed by atoms with van der Waals surface area (Å²) in [5, 5.41) is 0. The van der Waals surface area contributed by atoms with Crippen LogP contribution in [0, 0.1) is 0 Å². The Morgan fingerprint density at radius 3 is 2.48 bits per heavy atom. The van der Waals surface area contributed by atoms with E-state index >= 15 is 0 Å². The maximum Gasteiger partial charge on any atom is 0.494 e. The van der Waals surface area contributed by atoms with Crippen molar-refractivity contribution in [1.82, 2.24) is 0 Å². The number of hydrogen-bond donors (Lipinski definition) is 0. The van der Waals surface area contributed by atoms with Crippen molar-refractivity contribution in [3.8, 4) is 0 Å². The highest BCUT2D eigenvalue weighted by atomic mass is 16.7. The quantitative estimate of drug-likeness (QED) is 0.429. The van der Waals surface area contributed by atoms with E-state index in [2.05, 4.69) is 0 Å². The molecular weight excluding hydrogens is 275 g/mol. The molecule has 1 heterocycles. The van der Waals surface area contributed by atoms with E-state index in [4.69, 9.17) is 14.0 Å². The SMILES string of the molecule is O=C(OC1C(=O)CCC1=O)C1COB(c2ccccc2)O1. The summed E-state index contributed by atoms with van der Waals surface area (Å²) in [6, 6.07) is 9.18. The van der Waals surface area contributed by atoms with Gasteiger partial charge in [0.05, 0.1) is 6.61 Å². The molecule has 1 unspecified atom stereocenters. The third-order valence-corrected chi connectivity index (χ3v) is 3.46. The van der Waals surface area contributed by atoms with Gasteiger partial charge >= 0.3 is 13.1 Å². The number of carbonyl (C=O) groups is 3. The summed E-state index contributed by atoms with van der Waals surface area (Å²) in [5.41, 5.74) is 0.792. The van der Waals surface area contributed by atoms with Crippen molar-refractivity contribution in [2.24, 2.45) is 0 Å². The van der Waals surface area contributed by atoms with Gasteiger partial charge in [-0.05, 0) is 5.46 Å². The molecule has 1 atom stereocenters. The highest BCUT2D eigenvalue weighted by Gasteiger charge is 2.42. The molecule has 0 amide bonds. The molecular formula is C14H13BO6.